The Bertz CT molecular complexity index is 4360. The van der Waals surface area contributed by atoms with E-state index in [1.54, 1.807) is 0 Å². The Hall–Kier alpha value is -8.68. The van der Waals surface area contributed by atoms with Gasteiger partial charge in [0.2, 0.25) is 0 Å². The summed E-state index contributed by atoms with van der Waals surface area (Å²) in [5.41, 5.74) is 12.0. The van der Waals surface area contributed by atoms with Gasteiger partial charge in [-0.3, -0.25) is 0 Å². The molecule has 2 N–H and O–H groups in total. The Morgan fingerprint density at radius 3 is 1.01 bits per heavy atom. The second kappa shape index (κ2) is 14.9. The molecule has 0 spiro atoms. The number of fused-ring (bicyclic) bond motifs is 24. The molecule has 3 aromatic heterocycles. The van der Waals surface area contributed by atoms with E-state index in [1.165, 1.54) is 0 Å². The van der Waals surface area contributed by atoms with E-state index in [4.69, 9.17) is 43.1 Å². The summed E-state index contributed by atoms with van der Waals surface area (Å²) in [5.74, 6) is 1.13. The van der Waals surface area contributed by atoms with Gasteiger partial charge in [0.05, 0.1) is 22.4 Å². The van der Waals surface area contributed by atoms with Crippen molar-refractivity contribution in [1.29, 1.82) is 0 Å². The van der Waals surface area contributed by atoms with E-state index in [0.717, 1.165) is 132 Å². The second-order valence-electron chi connectivity index (χ2n) is 18.2. The summed E-state index contributed by atoms with van der Waals surface area (Å²) in [4.78, 5) is 30.2. The third kappa shape index (κ3) is 6.00. The maximum Gasteiger partial charge on any atom is 0.164 e. The highest BCUT2D eigenvalue weighted by molar-refractivity contribution is 6.31. The minimum absolute atomic E-state index is 0.567. The van der Waals surface area contributed by atoms with Crippen molar-refractivity contribution >= 4 is 110 Å². The molecule has 0 fully saturated rings. The van der Waals surface area contributed by atoms with Crippen molar-refractivity contribution < 1.29 is 0 Å². The Morgan fingerprint density at radius 1 is 0.300 bits per heavy atom. The minimum atomic E-state index is 0.567. The van der Waals surface area contributed by atoms with Crippen LogP contribution in [0.2, 0.25) is 10.0 Å². The van der Waals surface area contributed by atoms with Crippen LogP contribution in [0.4, 0.5) is 0 Å². The molecule has 13 aromatic rings. The first kappa shape index (κ1) is 39.3. The summed E-state index contributed by atoms with van der Waals surface area (Å²) in [6.45, 7) is 0. The molecule has 0 saturated heterocycles. The zero-order chi connectivity index (χ0) is 46.2. The van der Waals surface area contributed by atoms with Gasteiger partial charge in [0.1, 0.15) is 11.3 Å². The Kier molecular flexibility index (Phi) is 8.38. The van der Waals surface area contributed by atoms with Gasteiger partial charge in [-0.2, -0.15) is 0 Å². The standard InChI is InChI=1S/C62H34Cl2N6/c63-43-21-9-19-41(23-43)53-55-45-25-33-11-1-2-12-34(33)26-46(45)56(65-55)54(42-20-10-22-44(64)24-42)58-48-28-36-14-4-6-16-38(36)30-50(48)60(67-58)69-62-52-32-40-18-8-7-17-39(40)31-51(52)61(70-62)68-59-49-29-37-15-5-3-13-35(37)27-47(49)57(53)66-59/h1-32H,(H2,66,67,68,69,70). The number of benzene rings is 10. The van der Waals surface area contributed by atoms with Crippen molar-refractivity contribution in [3.05, 3.63) is 204 Å². The molecule has 5 heterocycles. The molecule has 0 atom stereocenters. The van der Waals surface area contributed by atoms with Crippen LogP contribution in [0.25, 0.3) is 155 Å². The molecule has 6 nitrogen and oxygen atoms in total. The van der Waals surface area contributed by atoms with E-state index < -0.39 is 0 Å². The molecule has 0 amide bonds. The van der Waals surface area contributed by atoms with E-state index >= 15 is 0 Å². The van der Waals surface area contributed by atoms with Crippen molar-refractivity contribution in [2.75, 3.05) is 0 Å². The molecule has 2 aliphatic rings. The van der Waals surface area contributed by atoms with Gasteiger partial charge in [0, 0.05) is 65.0 Å². The van der Waals surface area contributed by atoms with E-state index in [9.17, 15) is 0 Å². The lowest BCUT2D eigenvalue weighted by atomic mass is 9.92. The molecule has 0 saturated carbocycles. The number of nitrogens with one attached hydrogen (secondary N) is 2. The van der Waals surface area contributed by atoms with E-state index in [0.29, 0.717) is 33.0 Å². The minimum Gasteiger partial charge on any atom is -0.339 e. The van der Waals surface area contributed by atoms with Gasteiger partial charge >= 0.3 is 0 Å². The summed E-state index contributed by atoms with van der Waals surface area (Å²) >= 11 is 14.0. The zero-order valence-electron chi connectivity index (χ0n) is 37.0. The number of H-pyrrole nitrogens is 2. The maximum absolute atomic E-state index is 6.99. The van der Waals surface area contributed by atoms with Gasteiger partial charge in [-0.15, -0.1) is 0 Å². The average Bonchev–Trinajstić information content (AvgIpc) is 4.12. The van der Waals surface area contributed by atoms with Gasteiger partial charge in [0.15, 0.2) is 11.6 Å². The van der Waals surface area contributed by atoms with Gasteiger partial charge in [0.25, 0.3) is 0 Å². The lowest BCUT2D eigenvalue weighted by molar-refractivity contribution is 1.22. The number of aromatic nitrogens is 6. The average molecular weight is 934 g/mol. The number of hydrogen-bond acceptors (Lipinski definition) is 4. The van der Waals surface area contributed by atoms with Crippen LogP contribution < -0.4 is 0 Å². The molecule has 15 rings (SSSR count). The molecule has 0 unspecified atom stereocenters. The summed E-state index contributed by atoms with van der Waals surface area (Å²) in [6, 6.07) is 67.9. The second-order valence-corrected chi connectivity index (χ2v) is 19.1. The fraction of sp³-hybridized carbons (Fsp3) is 0. The predicted molar refractivity (Wildman–Crippen MR) is 291 cm³/mol. The van der Waals surface area contributed by atoms with E-state index in [-0.39, 0.29) is 0 Å². The molecular weight excluding hydrogens is 900 g/mol. The summed E-state index contributed by atoms with van der Waals surface area (Å²) in [7, 11) is 0. The van der Waals surface area contributed by atoms with Crippen LogP contribution in [0.15, 0.2) is 194 Å². The first-order chi connectivity index (χ1) is 34.5. The highest BCUT2D eigenvalue weighted by Gasteiger charge is 2.29. The van der Waals surface area contributed by atoms with Crippen molar-refractivity contribution in [3.63, 3.8) is 0 Å². The molecule has 8 bridgehead atoms. The third-order valence-electron chi connectivity index (χ3n) is 14.1. The first-order valence-corrected chi connectivity index (χ1v) is 24.0. The zero-order valence-corrected chi connectivity index (χ0v) is 38.5. The normalized spacial score (nSPS) is 12.1. The molecule has 0 radical (unpaired) electrons. The molecular formula is C62H34Cl2N6. The first-order valence-electron chi connectivity index (χ1n) is 23.2. The van der Waals surface area contributed by atoms with Crippen molar-refractivity contribution in [2.45, 2.75) is 0 Å². The summed E-state index contributed by atoms with van der Waals surface area (Å²) in [5, 5.41) is 13.9. The molecule has 326 valence electrons. The predicted octanol–water partition coefficient (Wildman–Crippen LogP) is 17.3. The van der Waals surface area contributed by atoms with Crippen LogP contribution in [0, 0.1) is 0 Å². The van der Waals surface area contributed by atoms with Gasteiger partial charge < -0.3 is 9.97 Å². The number of nitrogens with zero attached hydrogens (tertiary/aromatic N) is 4. The Morgan fingerprint density at radius 2 is 0.643 bits per heavy atom. The van der Waals surface area contributed by atoms with Gasteiger partial charge in [-0.25, -0.2) is 19.9 Å². The fourth-order valence-corrected chi connectivity index (χ4v) is 11.3. The number of rotatable bonds is 2. The highest BCUT2D eigenvalue weighted by atomic mass is 35.5. The molecule has 70 heavy (non-hydrogen) atoms. The fourth-order valence-electron chi connectivity index (χ4n) is 10.9. The lowest BCUT2D eigenvalue weighted by Crippen LogP contribution is -1.87. The van der Waals surface area contributed by atoms with Crippen LogP contribution in [-0.4, -0.2) is 29.9 Å². The molecule has 2 aliphatic heterocycles. The number of aromatic amines is 2. The van der Waals surface area contributed by atoms with Gasteiger partial charge in [-0.1, -0.05) is 145 Å². The quantitative estimate of drug-likeness (QED) is 0.181. The Labute approximate surface area is 409 Å². The van der Waals surface area contributed by atoms with Gasteiger partial charge in [-0.05, 0) is 127 Å². The topological polar surface area (TPSA) is 83.1 Å². The summed E-state index contributed by atoms with van der Waals surface area (Å²) in [6.07, 6.45) is 0. The number of hydrogen-bond donors (Lipinski definition) is 2. The van der Waals surface area contributed by atoms with Crippen LogP contribution in [0.3, 0.4) is 0 Å². The van der Waals surface area contributed by atoms with Crippen molar-refractivity contribution in [3.8, 4) is 67.5 Å². The van der Waals surface area contributed by atoms with E-state index in [1.807, 2.05) is 36.4 Å². The largest absolute Gasteiger partial charge is 0.339 e. The highest BCUT2D eigenvalue weighted by Crippen LogP contribution is 2.50. The van der Waals surface area contributed by atoms with Crippen LogP contribution in [-0.2, 0) is 0 Å². The molecule has 0 aliphatic carbocycles. The lowest BCUT2D eigenvalue weighted by Gasteiger charge is -2.10. The van der Waals surface area contributed by atoms with Crippen molar-refractivity contribution in [2.24, 2.45) is 0 Å². The van der Waals surface area contributed by atoms with Crippen LogP contribution in [0.1, 0.15) is 0 Å². The molecule has 10 aromatic carbocycles. The van der Waals surface area contributed by atoms with E-state index in [2.05, 4.69) is 168 Å². The number of halogens is 2. The Balaban J connectivity index is 1.25. The third-order valence-corrected chi connectivity index (χ3v) is 14.6. The summed E-state index contributed by atoms with van der Waals surface area (Å²) < 4.78 is 0. The van der Waals surface area contributed by atoms with Crippen LogP contribution in [0.5, 0.6) is 0 Å². The van der Waals surface area contributed by atoms with Crippen LogP contribution >= 0.6 is 23.2 Å². The smallest absolute Gasteiger partial charge is 0.164 e. The van der Waals surface area contributed by atoms with Crippen molar-refractivity contribution in [1.82, 2.24) is 29.9 Å². The SMILES string of the molecule is Clc1cccc(-c2c3nc(c(-c4cccc(Cl)c4)c4[nH]c(nc5nc(nc6[nH]c2c2cc7ccccc7cc62)-c2cc6ccccc6cc2-5)c2cc5ccccc5cc42)-c2cc4ccccc4cc2-3)c1. The monoisotopic (exact) mass is 932 g/mol. The maximum atomic E-state index is 6.99. The molecule has 8 heteroatoms.